The first-order valence-electron chi connectivity index (χ1n) is 8.90. The molecule has 29 heavy (non-hydrogen) atoms. The number of amides is 1. The van der Waals surface area contributed by atoms with E-state index in [1.54, 1.807) is 26.0 Å². The van der Waals surface area contributed by atoms with Gasteiger partial charge in [-0.1, -0.05) is 43.7 Å². The van der Waals surface area contributed by atoms with Gasteiger partial charge in [0.2, 0.25) is 10.0 Å². The van der Waals surface area contributed by atoms with E-state index in [9.17, 15) is 22.4 Å². The summed E-state index contributed by atoms with van der Waals surface area (Å²) in [5, 5.41) is 2.57. The molecule has 0 aliphatic heterocycles. The van der Waals surface area contributed by atoms with Crippen LogP contribution in [-0.4, -0.2) is 32.9 Å². The van der Waals surface area contributed by atoms with Crippen LogP contribution in [0.25, 0.3) is 0 Å². The number of esters is 1. The van der Waals surface area contributed by atoms with Gasteiger partial charge in [0.1, 0.15) is 16.8 Å². The molecule has 7 nitrogen and oxygen atoms in total. The van der Waals surface area contributed by atoms with E-state index in [0.29, 0.717) is 5.69 Å². The highest BCUT2D eigenvalue weighted by atomic mass is 32.2. The molecule has 0 saturated heterocycles. The van der Waals surface area contributed by atoms with Crippen molar-refractivity contribution < 1.29 is 27.1 Å². The molecule has 2 aromatic rings. The number of nitrogens with one attached hydrogen (secondary N) is 2. The third-order valence-electron chi connectivity index (χ3n) is 4.01. The van der Waals surface area contributed by atoms with Crippen molar-refractivity contribution in [2.24, 2.45) is 5.92 Å². The number of halogens is 1. The molecule has 1 atom stereocenters. The number of carbonyl (C=O) groups is 2. The van der Waals surface area contributed by atoms with E-state index in [4.69, 9.17) is 4.74 Å². The van der Waals surface area contributed by atoms with Crippen LogP contribution in [0.3, 0.4) is 0 Å². The van der Waals surface area contributed by atoms with Crippen molar-refractivity contribution >= 4 is 27.6 Å². The smallest absolute Gasteiger partial charge is 0.324 e. The van der Waals surface area contributed by atoms with Crippen LogP contribution in [0.4, 0.5) is 10.1 Å². The summed E-state index contributed by atoms with van der Waals surface area (Å²) in [5.41, 5.74) is 1.56. The van der Waals surface area contributed by atoms with Gasteiger partial charge in [-0.3, -0.25) is 9.59 Å². The Hall–Kier alpha value is -2.78. The average molecular weight is 422 g/mol. The fraction of sp³-hybridized carbons (Fsp3) is 0.300. The Balaban J connectivity index is 2.01. The van der Waals surface area contributed by atoms with Crippen LogP contribution in [0.2, 0.25) is 0 Å². The number of benzene rings is 2. The summed E-state index contributed by atoms with van der Waals surface area (Å²) >= 11 is 0. The SMILES string of the molecule is Cc1ccc(NC(=O)COC(=O)[C@@H](NS(=O)(=O)c2ccccc2F)C(C)C)cc1. The molecule has 1 amide bonds. The maximum Gasteiger partial charge on any atom is 0.324 e. The highest BCUT2D eigenvalue weighted by molar-refractivity contribution is 7.89. The molecule has 0 fully saturated rings. The molecule has 0 unspecified atom stereocenters. The van der Waals surface area contributed by atoms with Crippen molar-refractivity contribution in [3.8, 4) is 0 Å². The molecular weight excluding hydrogens is 399 g/mol. The van der Waals surface area contributed by atoms with E-state index >= 15 is 0 Å². The normalized spacial score (nSPS) is 12.4. The van der Waals surface area contributed by atoms with Crippen molar-refractivity contribution in [3.05, 3.63) is 59.9 Å². The minimum absolute atomic E-state index is 0.496. The monoisotopic (exact) mass is 422 g/mol. The number of hydrogen-bond donors (Lipinski definition) is 2. The number of hydrogen-bond acceptors (Lipinski definition) is 5. The fourth-order valence-corrected chi connectivity index (χ4v) is 3.82. The zero-order valence-electron chi connectivity index (χ0n) is 16.3. The predicted octanol–water partition coefficient (Wildman–Crippen LogP) is 2.62. The van der Waals surface area contributed by atoms with Gasteiger partial charge in [0.15, 0.2) is 6.61 Å². The highest BCUT2D eigenvalue weighted by Gasteiger charge is 2.31. The molecule has 9 heteroatoms. The molecule has 156 valence electrons. The summed E-state index contributed by atoms with van der Waals surface area (Å²) in [6, 6.07) is 10.6. The molecule has 0 heterocycles. The van der Waals surface area contributed by atoms with Gasteiger partial charge in [0.05, 0.1) is 0 Å². The molecule has 0 saturated carbocycles. The maximum absolute atomic E-state index is 13.8. The standard InChI is InChI=1S/C20H23FN2O5S/c1-13(2)19(23-29(26,27)17-7-5-4-6-16(17)21)20(25)28-12-18(24)22-15-10-8-14(3)9-11-15/h4-11,13,19,23H,12H2,1-3H3,(H,22,24)/t19-/m0/s1. The van der Waals surface area contributed by atoms with Gasteiger partial charge in [-0.15, -0.1) is 0 Å². The zero-order valence-corrected chi connectivity index (χ0v) is 17.1. The second-order valence-corrected chi connectivity index (χ2v) is 8.48. The molecule has 0 aliphatic carbocycles. The summed E-state index contributed by atoms with van der Waals surface area (Å²) in [6.45, 7) is 4.52. The third kappa shape index (κ3) is 6.37. The van der Waals surface area contributed by atoms with Crippen molar-refractivity contribution in [1.82, 2.24) is 4.72 Å². The summed E-state index contributed by atoms with van der Waals surface area (Å²) in [7, 11) is -4.30. The number of anilines is 1. The molecule has 0 bridgehead atoms. The lowest BCUT2D eigenvalue weighted by Gasteiger charge is -2.21. The molecule has 0 aromatic heterocycles. The summed E-state index contributed by atoms with van der Waals surface area (Å²) in [5.74, 6) is -2.93. The first kappa shape index (κ1) is 22.5. The van der Waals surface area contributed by atoms with Crippen molar-refractivity contribution in [1.29, 1.82) is 0 Å². The Bertz CT molecular complexity index is 975. The fourth-order valence-electron chi connectivity index (χ4n) is 2.41. The van der Waals surface area contributed by atoms with Gasteiger partial charge in [-0.25, -0.2) is 12.8 Å². The van der Waals surface area contributed by atoms with Gasteiger partial charge in [-0.05, 0) is 37.1 Å². The molecule has 2 aromatic carbocycles. The lowest BCUT2D eigenvalue weighted by Crippen LogP contribution is -2.46. The zero-order chi connectivity index (χ0) is 21.6. The predicted molar refractivity (Wildman–Crippen MR) is 106 cm³/mol. The molecule has 0 spiro atoms. The minimum atomic E-state index is -4.30. The molecule has 0 radical (unpaired) electrons. The summed E-state index contributed by atoms with van der Waals surface area (Å²) in [6.07, 6.45) is 0. The van der Waals surface area contributed by atoms with E-state index in [0.717, 1.165) is 17.7 Å². The summed E-state index contributed by atoms with van der Waals surface area (Å²) in [4.78, 5) is 23.8. The summed E-state index contributed by atoms with van der Waals surface area (Å²) < 4.78 is 45.8. The van der Waals surface area contributed by atoms with Crippen molar-refractivity contribution in [2.45, 2.75) is 31.7 Å². The Labute approximate surface area is 169 Å². The van der Waals surface area contributed by atoms with Crippen LogP contribution < -0.4 is 10.0 Å². The first-order valence-corrected chi connectivity index (χ1v) is 10.4. The van der Waals surface area contributed by atoms with Gasteiger partial charge < -0.3 is 10.1 Å². The first-order chi connectivity index (χ1) is 13.6. The Kier molecular flexibility index (Phi) is 7.46. The number of ether oxygens (including phenoxy) is 1. The third-order valence-corrected chi connectivity index (χ3v) is 5.48. The second kappa shape index (κ2) is 9.62. The number of aryl methyl sites for hydroxylation is 1. The minimum Gasteiger partial charge on any atom is -0.454 e. The van der Waals surface area contributed by atoms with E-state index in [1.165, 1.54) is 12.1 Å². The van der Waals surface area contributed by atoms with Crippen LogP contribution in [0.5, 0.6) is 0 Å². The van der Waals surface area contributed by atoms with E-state index in [-0.39, 0.29) is 0 Å². The number of sulfonamides is 1. The number of carbonyl (C=O) groups excluding carboxylic acids is 2. The molecule has 2 rings (SSSR count). The topological polar surface area (TPSA) is 102 Å². The van der Waals surface area contributed by atoms with Crippen molar-refractivity contribution in [2.75, 3.05) is 11.9 Å². The average Bonchev–Trinajstić information content (AvgIpc) is 2.66. The number of rotatable bonds is 8. The van der Waals surface area contributed by atoms with Gasteiger partial charge >= 0.3 is 5.97 Å². The highest BCUT2D eigenvalue weighted by Crippen LogP contribution is 2.16. The second-order valence-electron chi connectivity index (χ2n) is 6.80. The molecule has 0 aliphatic rings. The quantitative estimate of drug-likeness (QED) is 0.637. The van der Waals surface area contributed by atoms with Crippen LogP contribution in [0, 0.1) is 18.7 Å². The largest absolute Gasteiger partial charge is 0.454 e. The maximum atomic E-state index is 13.8. The van der Waals surface area contributed by atoms with Gasteiger partial charge in [0, 0.05) is 5.69 Å². The van der Waals surface area contributed by atoms with Crippen LogP contribution in [0.15, 0.2) is 53.4 Å². The van der Waals surface area contributed by atoms with Gasteiger partial charge in [-0.2, -0.15) is 4.72 Å². The Morgan fingerprint density at radius 3 is 2.28 bits per heavy atom. The van der Waals surface area contributed by atoms with Crippen LogP contribution in [-0.2, 0) is 24.3 Å². The van der Waals surface area contributed by atoms with Gasteiger partial charge in [0.25, 0.3) is 5.91 Å². The Morgan fingerprint density at radius 2 is 1.69 bits per heavy atom. The Morgan fingerprint density at radius 1 is 1.07 bits per heavy atom. The van der Waals surface area contributed by atoms with Crippen molar-refractivity contribution in [3.63, 3.8) is 0 Å². The van der Waals surface area contributed by atoms with Crippen LogP contribution in [0.1, 0.15) is 19.4 Å². The lowest BCUT2D eigenvalue weighted by molar-refractivity contribution is -0.150. The van der Waals surface area contributed by atoms with Crippen LogP contribution >= 0.6 is 0 Å². The molecular formula is C20H23FN2O5S. The van der Waals surface area contributed by atoms with E-state index in [1.807, 2.05) is 19.1 Å². The van der Waals surface area contributed by atoms with E-state index in [2.05, 4.69) is 10.0 Å². The molecule has 2 N–H and O–H groups in total. The van der Waals surface area contributed by atoms with E-state index < -0.39 is 51.2 Å². The lowest BCUT2D eigenvalue weighted by atomic mass is 10.1.